The Morgan fingerprint density at radius 2 is 2.16 bits per heavy atom. The fourth-order valence-corrected chi connectivity index (χ4v) is 4.37. The monoisotopic (exact) mass is 444 g/mol. The molecule has 8 nitrogen and oxygen atoms in total. The number of ether oxygens (including phenoxy) is 1. The van der Waals surface area contributed by atoms with Gasteiger partial charge in [0.15, 0.2) is 0 Å². The van der Waals surface area contributed by atoms with E-state index in [9.17, 15) is 4.79 Å². The first-order valence-corrected chi connectivity index (χ1v) is 11.1. The Kier molecular flexibility index (Phi) is 6.69. The summed E-state index contributed by atoms with van der Waals surface area (Å²) >= 11 is 6.39. The smallest absolute Gasteiger partial charge is 0.229 e. The zero-order chi connectivity index (χ0) is 21.8. The van der Waals surface area contributed by atoms with Crippen molar-refractivity contribution in [1.29, 1.82) is 0 Å². The summed E-state index contributed by atoms with van der Waals surface area (Å²) in [6.07, 6.45) is 7.76. The number of carbonyl (C=O) groups excluding carboxylic acids is 1. The Labute approximate surface area is 187 Å². The molecule has 166 valence electrons. The molecular formula is C22H29ClN6O2. The van der Waals surface area contributed by atoms with Gasteiger partial charge in [0.25, 0.3) is 0 Å². The minimum atomic E-state index is -0.0852. The number of amides is 1. The number of hydrogen-bond acceptors (Lipinski definition) is 7. The Morgan fingerprint density at radius 3 is 2.94 bits per heavy atom. The van der Waals surface area contributed by atoms with Gasteiger partial charge in [0.05, 0.1) is 34.6 Å². The summed E-state index contributed by atoms with van der Waals surface area (Å²) < 4.78 is 5.80. The SMILES string of the molecule is CC1(C)CC(CNc2cncc(-c3cc(NC(=O)[C@@H]4CCNC4)ncc3Cl)n2)CCO1. The highest BCUT2D eigenvalue weighted by atomic mass is 35.5. The predicted octanol–water partition coefficient (Wildman–Crippen LogP) is 3.36. The molecule has 0 aliphatic carbocycles. The second-order valence-corrected chi connectivity index (χ2v) is 9.27. The summed E-state index contributed by atoms with van der Waals surface area (Å²) in [4.78, 5) is 25.7. The van der Waals surface area contributed by atoms with Crippen molar-refractivity contribution in [3.63, 3.8) is 0 Å². The fourth-order valence-electron chi connectivity index (χ4n) is 4.17. The van der Waals surface area contributed by atoms with Crippen LogP contribution in [0.15, 0.2) is 24.7 Å². The van der Waals surface area contributed by atoms with E-state index in [0.717, 1.165) is 39.0 Å². The van der Waals surface area contributed by atoms with Gasteiger partial charge in [-0.3, -0.25) is 9.78 Å². The molecule has 2 aliphatic heterocycles. The molecule has 2 atom stereocenters. The van der Waals surface area contributed by atoms with Crippen LogP contribution in [0.2, 0.25) is 5.02 Å². The lowest BCUT2D eigenvalue weighted by Crippen LogP contribution is -2.36. The molecule has 0 saturated carbocycles. The first kappa shape index (κ1) is 21.9. The number of rotatable bonds is 6. The van der Waals surface area contributed by atoms with Gasteiger partial charge in [-0.15, -0.1) is 0 Å². The quantitative estimate of drug-likeness (QED) is 0.627. The summed E-state index contributed by atoms with van der Waals surface area (Å²) in [5, 5.41) is 9.94. The molecule has 0 radical (unpaired) electrons. The first-order valence-electron chi connectivity index (χ1n) is 10.8. The van der Waals surface area contributed by atoms with Crippen molar-refractivity contribution in [2.45, 2.75) is 38.7 Å². The lowest BCUT2D eigenvalue weighted by Gasteiger charge is -2.35. The minimum Gasteiger partial charge on any atom is -0.376 e. The molecule has 2 aliphatic rings. The number of pyridine rings is 1. The average molecular weight is 445 g/mol. The minimum absolute atomic E-state index is 0.0355. The van der Waals surface area contributed by atoms with E-state index in [2.05, 4.69) is 44.7 Å². The molecule has 0 bridgehead atoms. The second kappa shape index (κ2) is 9.46. The highest BCUT2D eigenvalue weighted by Crippen LogP contribution is 2.30. The molecule has 31 heavy (non-hydrogen) atoms. The summed E-state index contributed by atoms with van der Waals surface area (Å²) in [7, 11) is 0. The normalized spacial score (nSPS) is 22.8. The number of anilines is 2. The molecule has 2 saturated heterocycles. The number of hydrogen-bond donors (Lipinski definition) is 3. The molecule has 1 amide bonds. The third-order valence-electron chi connectivity index (χ3n) is 5.82. The number of nitrogens with zero attached hydrogens (tertiary/aromatic N) is 3. The van der Waals surface area contributed by atoms with Crippen molar-refractivity contribution in [2.24, 2.45) is 11.8 Å². The molecule has 2 fully saturated rings. The van der Waals surface area contributed by atoms with Crippen molar-refractivity contribution in [3.05, 3.63) is 29.7 Å². The maximum absolute atomic E-state index is 12.4. The van der Waals surface area contributed by atoms with Crippen molar-refractivity contribution < 1.29 is 9.53 Å². The molecule has 4 rings (SSSR count). The zero-order valence-electron chi connectivity index (χ0n) is 17.9. The molecular weight excluding hydrogens is 416 g/mol. The van der Waals surface area contributed by atoms with E-state index in [0.29, 0.717) is 40.4 Å². The van der Waals surface area contributed by atoms with Crippen LogP contribution in [0.1, 0.15) is 33.1 Å². The molecule has 0 spiro atoms. The second-order valence-electron chi connectivity index (χ2n) is 8.87. The van der Waals surface area contributed by atoms with Gasteiger partial charge in [0.1, 0.15) is 11.6 Å². The number of aromatic nitrogens is 3. The van der Waals surface area contributed by atoms with Crippen molar-refractivity contribution >= 4 is 29.1 Å². The van der Waals surface area contributed by atoms with Crippen LogP contribution in [-0.4, -0.2) is 52.7 Å². The Hall–Kier alpha value is -2.29. The summed E-state index contributed by atoms with van der Waals surface area (Å²) in [6, 6.07) is 1.75. The molecule has 3 N–H and O–H groups in total. The Morgan fingerprint density at radius 1 is 1.29 bits per heavy atom. The van der Waals surface area contributed by atoms with E-state index in [4.69, 9.17) is 16.3 Å². The third-order valence-corrected chi connectivity index (χ3v) is 6.12. The van der Waals surface area contributed by atoms with E-state index in [1.54, 1.807) is 18.5 Å². The van der Waals surface area contributed by atoms with Gasteiger partial charge in [0, 0.05) is 31.5 Å². The third kappa shape index (κ3) is 5.70. The number of halogens is 1. The van der Waals surface area contributed by atoms with Gasteiger partial charge in [-0.25, -0.2) is 9.97 Å². The van der Waals surface area contributed by atoms with Crippen LogP contribution in [0.5, 0.6) is 0 Å². The van der Waals surface area contributed by atoms with Gasteiger partial charge in [-0.2, -0.15) is 0 Å². The largest absolute Gasteiger partial charge is 0.376 e. The van der Waals surface area contributed by atoms with E-state index < -0.39 is 0 Å². The number of carbonyl (C=O) groups is 1. The van der Waals surface area contributed by atoms with Crippen LogP contribution in [0.4, 0.5) is 11.6 Å². The van der Waals surface area contributed by atoms with Crippen molar-refractivity contribution in [3.8, 4) is 11.3 Å². The van der Waals surface area contributed by atoms with Gasteiger partial charge in [-0.1, -0.05) is 11.6 Å². The van der Waals surface area contributed by atoms with E-state index in [-0.39, 0.29) is 17.4 Å². The van der Waals surface area contributed by atoms with Crippen molar-refractivity contribution in [2.75, 3.05) is 36.9 Å². The first-order chi connectivity index (χ1) is 14.9. The van der Waals surface area contributed by atoms with Crippen LogP contribution in [0, 0.1) is 11.8 Å². The summed E-state index contributed by atoms with van der Waals surface area (Å²) in [6.45, 7) is 7.40. The molecule has 2 aromatic rings. The molecule has 4 heterocycles. The molecule has 9 heteroatoms. The molecule has 0 aromatic carbocycles. The van der Waals surface area contributed by atoms with Crippen LogP contribution in [0.3, 0.4) is 0 Å². The maximum Gasteiger partial charge on any atom is 0.229 e. The lowest BCUT2D eigenvalue weighted by atomic mass is 9.88. The van der Waals surface area contributed by atoms with Gasteiger partial charge in [0.2, 0.25) is 5.91 Å². The highest BCUT2D eigenvalue weighted by Gasteiger charge is 2.28. The van der Waals surface area contributed by atoms with Gasteiger partial charge in [-0.05, 0) is 51.6 Å². The molecule has 2 aromatic heterocycles. The van der Waals surface area contributed by atoms with E-state index in [1.807, 2.05) is 0 Å². The predicted molar refractivity (Wildman–Crippen MR) is 121 cm³/mol. The zero-order valence-corrected chi connectivity index (χ0v) is 18.7. The van der Waals surface area contributed by atoms with Crippen LogP contribution < -0.4 is 16.0 Å². The van der Waals surface area contributed by atoms with Crippen LogP contribution in [0.25, 0.3) is 11.3 Å². The summed E-state index contributed by atoms with van der Waals surface area (Å²) in [5.74, 6) is 1.60. The van der Waals surface area contributed by atoms with Crippen LogP contribution in [-0.2, 0) is 9.53 Å². The maximum atomic E-state index is 12.4. The van der Waals surface area contributed by atoms with E-state index in [1.165, 1.54) is 6.20 Å². The number of nitrogens with one attached hydrogen (secondary N) is 3. The standard InChI is InChI=1S/C22H29ClN6O2/c1-22(2)8-14(4-6-31-22)9-26-20-13-25-12-18(28-20)16-7-19(27-11-17(16)23)29-21(30)15-3-5-24-10-15/h7,11-15,24H,3-6,8-10H2,1-2H3,(H,26,28)(H,27,29,30)/t14?,15-/m1/s1. The lowest BCUT2D eigenvalue weighted by molar-refractivity contribution is -0.119. The Bertz CT molecular complexity index is 932. The summed E-state index contributed by atoms with van der Waals surface area (Å²) in [5.41, 5.74) is 1.22. The van der Waals surface area contributed by atoms with Crippen LogP contribution >= 0.6 is 11.6 Å². The average Bonchev–Trinajstić information content (AvgIpc) is 3.28. The van der Waals surface area contributed by atoms with Gasteiger partial charge < -0.3 is 20.7 Å². The topological polar surface area (TPSA) is 101 Å². The Balaban J connectivity index is 1.44. The highest BCUT2D eigenvalue weighted by molar-refractivity contribution is 6.33. The van der Waals surface area contributed by atoms with Crippen molar-refractivity contribution in [1.82, 2.24) is 20.3 Å². The fraction of sp³-hybridized carbons (Fsp3) is 0.545. The molecule has 1 unspecified atom stereocenters. The van der Waals surface area contributed by atoms with Gasteiger partial charge >= 0.3 is 0 Å². The van der Waals surface area contributed by atoms with E-state index >= 15 is 0 Å².